The first kappa shape index (κ1) is 17.0. The SMILES string of the molecule is COCCNC(=O)Cc1ccc(NC(=O)c2snnc2C)cc1. The van der Waals surface area contributed by atoms with Crippen LogP contribution >= 0.6 is 11.5 Å². The average molecular weight is 334 g/mol. The Labute approximate surface area is 138 Å². The van der Waals surface area contributed by atoms with E-state index >= 15 is 0 Å². The van der Waals surface area contributed by atoms with Gasteiger partial charge in [-0.15, -0.1) is 5.10 Å². The molecule has 0 aliphatic rings. The lowest BCUT2D eigenvalue weighted by molar-refractivity contribution is -0.120. The Balaban J connectivity index is 1.88. The van der Waals surface area contributed by atoms with Crippen LogP contribution in [0.5, 0.6) is 0 Å². The Morgan fingerprint density at radius 3 is 2.61 bits per heavy atom. The number of carbonyl (C=O) groups is 2. The molecule has 0 radical (unpaired) electrons. The van der Waals surface area contributed by atoms with Crippen LogP contribution in [0.2, 0.25) is 0 Å². The van der Waals surface area contributed by atoms with Gasteiger partial charge >= 0.3 is 0 Å². The number of carbonyl (C=O) groups excluding carboxylic acids is 2. The van der Waals surface area contributed by atoms with E-state index in [4.69, 9.17) is 4.74 Å². The van der Waals surface area contributed by atoms with Crippen molar-refractivity contribution in [3.05, 3.63) is 40.4 Å². The molecule has 0 atom stereocenters. The van der Waals surface area contributed by atoms with E-state index in [-0.39, 0.29) is 18.2 Å². The number of ether oxygens (including phenoxy) is 1. The van der Waals surface area contributed by atoms with Crippen LogP contribution in [0.1, 0.15) is 20.9 Å². The van der Waals surface area contributed by atoms with Gasteiger partial charge in [0.05, 0.1) is 18.7 Å². The van der Waals surface area contributed by atoms with Crippen molar-refractivity contribution >= 4 is 29.0 Å². The maximum Gasteiger partial charge on any atom is 0.269 e. The van der Waals surface area contributed by atoms with Crippen molar-refractivity contribution in [1.29, 1.82) is 0 Å². The summed E-state index contributed by atoms with van der Waals surface area (Å²) in [6.07, 6.45) is 0.288. The third-order valence-corrected chi connectivity index (χ3v) is 3.89. The predicted octanol–water partition coefficient (Wildman–Crippen LogP) is 1.40. The topological polar surface area (TPSA) is 93.2 Å². The van der Waals surface area contributed by atoms with Crippen LogP contribution in [0.15, 0.2) is 24.3 Å². The lowest BCUT2D eigenvalue weighted by atomic mass is 10.1. The Morgan fingerprint density at radius 1 is 1.26 bits per heavy atom. The van der Waals surface area contributed by atoms with Crippen LogP contribution in [0, 0.1) is 6.92 Å². The number of hydrogen-bond acceptors (Lipinski definition) is 6. The molecular weight excluding hydrogens is 316 g/mol. The predicted molar refractivity (Wildman–Crippen MR) is 87.6 cm³/mol. The Morgan fingerprint density at radius 2 is 2.00 bits per heavy atom. The van der Waals surface area contributed by atoms with Crippen LogP contribution in [-0.4, -0.2) is 41.7 Å². The van der Waals surface area contributed by atoms with Crippen molar-refractivity contribution in [3.8, 4) is 0 Å². The van der Waals surface area contributed by atoms with Gasteiger partial charge in [0, 0.05) is 19.3 Å². The van der Waals surface area contributed by atoms with Crippen LogP contribution in [0.3, 0.4) is 0 Å². The van der Waals surface area contributed by atoms with Gasteiger partial charge in [-0.05, 0) is 36.2 Å². The minimum Gasteiger partial charge on any atom is -0.383 e. The monoisotopic (exact) mass is 334 g/mol. The maximum absolute atomic E-state index is 12.0. The summed E-state index contributed by atoms with van der Waals surface area (Å²) in [6, 6.07) is 7.14. The van der Waals surface area contributed by atoms with E-state index in [9.17, 15) is 9.59 Å². The third-order valence-electron chi connectivity index (χ3n) is 3.06. The third kappa shape index (κ3) is 5.11. The number of hydrogen-bond donors (Lipinski definition) is 2. The standard InChI is InChI=1S/C15H18N4O3S/c1-10-14(23-19-18-10)15(21)17-12-5-3-11(4-6-12)9-13(20)16-7-8-22-2/h3-6H,7-9H2,1-2H3,(H,16,20)(H,17,21). The molecule has 0 saturated heterocycles. The number of rotatable bonds is 7. The van der Waals surface area contributed by atoms with E-state index in [0.29, 0.717) is 29.4 Å². The van der Waals surface area contributed by atoms with Gasteiger partial charge in [0.15, 0.2) is 0 Å². The second-order valence-corrected chi connectivity index (χ2v) is 5.61. The molecule has 2 N–H and O–H groups in total. The quantitative estimate of drug-likeness (QED) is 0.747. The summed E-state index contributed by atoms with van der Waals surface area (Å²) in [4.78, 5) is 24.2. The van der Waals surface area contributed by atoms with Gasteiger partial charge in [-0.3, -0.25) is 9.59 Å². The minimum atomic E-state index is -0.234. The molecule has 0 fully saturated rings. The normalized spacial score (nSPS) is 10.3. The molecule has 0 bridgehead atoms. The van der Waals surface area contributed by atoms with E-state index in [2.05, 4.69) is 20.2 Å². The average Bonchev–Trinajstić information content (AvgIpc) is 2.96. The highest BCUT2D eigenvalue weighted by Gasteiger charge is 2.13. The first-order valence-corrected chi connectivity index (χ1v) is 7.82. The summed E-state index contributed by atoms with van der Waals surface area (Å²) >= 11 is 1.06. The van der Waals surface area contributed by atoms with E-state index in [1.54, 1.807) is 26.2 Å². The smallest absolute Gasteiger partial charge is 0.269 e. The molecule has 7 nitrogen and oxygen atoms in total. The number of nitrogens with zero attached hydrogens (tertiary/aromatic N) is 2. The van der Waals surface area contributed by atoms with E-state index in [1.807, 2.05) is 12.1 Å². The zero-order chi connectivity index (χ0) is 16.7. The van der Waals surface area contributed by atoms with Crippen LogP contribution in [0.25, 0.3) is 0 Å². The Kier molecular flexibility index (Phi) is 6.19. The highest BCUT2D eigenvalue weighted by molar-refractivity contribution is 7.08. The summed E-state index contributed by atoms with van der Waals surface area (Å²) in [7, 11) is 1.59. The summed E-state index contributed by atoms with van der Waals surface area (Å²) in [5.41, 5.74) is 2.14. The molecule has 122 valence electrons. The highest BCUT2D eigenvalue weighted by Crippen LogP contribution is 2.14. The number of benzene rings is 1. The van der Waals surface area contributed by atoms with E-state index in [0.717, 1.165) is 17.1 Å². The number of aromatic nitrogens is 2. The molecule has 2 aromatic rings. The fourth-order valence-corrected chi connectivity index (χ4v) is 2.43. The van der Waals surface area contributed by atoms with Crippen molar-refractivity contribution in [2.45, 2.75) is 13.3 Å². The van der Waals surface area contributed by atoms with Gasteiger partial charge in [-0.2, -0.15) is 0 Å². The molecule has 23 heavy (non-hydrogen) atoms. The molecule has 1 aromatic heterocycles. The number of nitrogens with one attached hydrogen (secondary N) is 2. The molecule has 1 heterocycles. The van der Waals surface area contributed by atoms with Gasteiger partial charge in [0.1, 0.15) is 4.88 Å². The van der Waals surface area contributed by atoms with Gasteiger partial charge in [0.2, 0.25) is 5.91 Å². The largest absolute Gasteiger partial charge is 0.383 e. The van der Waals surface area contributed by atoms with E-state index < -0.39 is 0 Å². The second kappa shape index (κ2) is 8.35. The summed E-state index contributed by atoms with van der Waals surface area (Å²) in [5.74, 6) is -0.298. The first-order valence-electron chi connectivity index (χ1n) is 7.05. The van der Waals surface area contributed by atoms with Crippen molar-refractivity contribution in [2.24, 2.45) is 0 Å². The molecular formula is C15H18N4O3S. The summed E-state index contributed by atoms with van der Waals surface area (Å²) < 4.78 is 8.61. The number of methoxy groups -OCH3 is 1. The second-order valence-electron chi connectivity index (χ2n) is 4.86. The number of aryl methyl sites for hydroxylation is 1. The molecule has 1 aromatic carbocycles. The van der Waals surface area contributed by atoms with Crippen LogP contribution in [-0.2, 0) is 16.0 Å². The van der Waals surface area contributed by atoms with E-state index in [1.165, 1.54) is 0 Å². The lowest BCUT2D eigenvalue weighted by Gasteiger charge is -2.07. The molecule has 0 aliphatic carbocycles. The van der Waals surface area contributed by atoms with Gasteiger partial charge in [0.25, 0.3) is 5.91 Å². The van der Waals surface area contributed by atoms with Crippen LogP contribution in [0.4, 0.5) is 5.69 Å². The van der Waals surface area contributed by atoms with Gasteiger partial charge in [-0.25, -0.2) is 0 Å². The fourth-order valence-electron chi connectivity index (χ4n) is 1.87. The molecule has 2 amide bonds. The molecule has 0 spiro atoms. The lowest BCUT2D eigenvalue weighted by Crippen LogP contribution is -2.28. The molecule has 8 heteroatoms. The van der Waals surface area contributed by atoms with Crippen LogP contribution < -0.4 is 10.6 Å². The van der Waals surface area contributed by atoms with Crippen molar-refractivity contribution in [2.75, 3.05) is 25.6 Å². The number of anilines is 1. The Bertz CT molecular complexity index is 670. The first-order chi connectivity index (χ1) is 11.1. The highest BCUT2D eigenvalue weighted by atomic mass is 32.1. The molecule has 0 unspecified atom stereocenters. The van der Waals surface area contributed by atoms with Gasteiger partial charge < -0.3 is 15.4 Å². The number of amides is 2. The van der Waals surface area contributed by atoms with Crippen molar-refractivity contribution in [1.82, 2.24) is 14.9 Å². The zero-order valence-corrected chi connectivity index (χ0v) is 13.8. The summed E-state index contributed by atoms with van der Waals surface area (Å²) in [6.45, 7) is 2.72. The molecule has 0 aliphatic heterocycles. The minimum absolute atomic E-state index is 0.0646. The molecule has 2 rings (SSSR count). The molecule has 0 saturated carbocycles. The summed E-state index contributed by atoms with van der Waals surface area (Å²) in [5, 5.41) is 9.35. The zero-order valence-electron chi connectivity index (χ0n) is 13.0. The maximum atomic E-state index is 12.0. The van der Waals surface area contributed by atoms with Crippen molar-refractivity contribution < 1.29 is 14.3 Å². The van der Waals surface area contributed by atoms with Gasteiger partial charge in [-0.1, -0.05) is 16.6 Å². The van der Waals surface area contributed by atoms with Crippen molar-refractivity contribution in [3.63, 3.8) is 0 Å². The Hall–Kier alpha value is -2.32. The fraction of sp³-hybridized carbons (Fsp3) is 0.333.